The molecule has 0 radical (unpaired) electrons. The molecular formula is C45H62N10O9S2. The summed E-state index contributed by atoms with van der Waals surface area (Å²) in [5.74, 6) is -5.59. The van der Waals surface area contributed by atoms with Gasteiger partial charge in [-0.2, -0.15) is 0 Å². The number of nitrogens with two attached hydrogens (primary N) is 1. The van der Waals surface area contributed by atoms with Crippen molar-refractivity contribution in [2.45, 2.75) is 133 Å². The quantitative estimate of drug-likeness (QED) is 0.142. The number of primary amides is 1. The van der Waals surface area contributed by atoms with Crippen molar-refractivity contribution in [1.29, 1.82) is 0 Å². The van der Waals surface area contributed by atoms with E-state index in [0.29, 0.717) is 37.8 Å². The molecular weight excluding hydrogens is 889 g/mol. The van der Waals surface area contributed by atoms with Crippen molar-refractivity contribution in [2.75, 3.05) is 18.8 Å². The number of benzene rings is 1. The van der Waals surface area contributed by atoms with E-state index < -0.39 is 102 Å². The van der Waals surface area contributed by atoms with Crippen LogP contribution in [0.25, 0.3) is 10.1 Å². The number of thiophene rings is 1. The molecule has 358 valence electrons. The van der Waals surface area contributed by atoms with Gasteiger partial charge in [-0.3, -0.25) is 43.2 Å². The Morgan fingerprint density at radius 3 is 2.27 bits per heavy atom. The smallest absolute Gasteiger partial charge is 0.245 e. The zero-order chi connectivity index (χ0) is 48.1. The van der Waals surface area contributed by atoms with Crippen molar-refractivity contribution in [3.8, 4) is 0 Å². The van der Waals surface area contributed by atoms with Gasteiger partial charge in [0.2, 0.25) is 53.2 Å². The first kappa shape index (κ1) is 51.0. The third-order valence-corrected chi connectivity index (χ3v) is 13.4. The lowest BCUT2D eigenvalue weighted by Crippen LogP contribution is -2.60. The van der Waals surface area contributed by atoms with Crippen LogP contribution in [0.15, 0.2) is 53.0 Å². The Balaban J connectivity index is 1.51. The fraction of sp³-hybridized carbons (Fsp3) is 0.533. The van der Waals surface area contributed by atoms with Gasteiger partial charge in [0.05, 0.1) is 16.3 Å². The van der Waals surface area contributed by atoms with Crippen molar-refractivity contribution in [1.82, 2.24) is 46.7 Å². The Morgan fingerprint density at radius 2 is 1.58 bits per heavy atom. The molecule has 4 heterocycles. The van der Waals surface area contributed by atoms with Gasteiger partial charge in [0, 0.05) is 43.8 Å². The number of nitrogens with zero attached hydrogens (tertiary/aromatic N) is 2. The van der Waals surface area contributed by atoms with E-state index in [2.05, 4.69) is 37.2 Å². The number of aromatic nitrogens is 1. The van der Waals surface area contributed by atoms with Gasteiger partial charge in [-0.25, -0.2) is 0 Å². The summed E-state index contributed by atoms with van der Waals surface area (Å²) in [7, 11) is 0. The molecule has 9 N–H and O–H groups in total. The van der Waals surface area contributed by atoms with E-state index in [9.17, 15) is 43.2 Å². The highest BCUT2D eigenvalue weighted by molar-refractivity contribution is 7.99. The van der Waals surface area contributed by atoms with Crippen molar-refractivity contribution in [3.05, 3.63) is 53.5 Å². The second-order valence-corrected chi connectivity index (χ2v) is 19.2. The van der Waals surface area contributed by atoms with Gasteiger partial charge in [-0.15, -0.1) is 23.1 Å². The number of amides is 9. The highest BCUT2D eigenvalue weighted by Crippen LogP contribution is 2.34. The molecule has 2 aromatic heterocycles. The maximum absolute atomic E-state index is 14.4. The molecule has 1 saturated heterocycles. The van der Waals surface area contributed by atoms with Gasteiger partial charge in [0.25, 0.3) is 0 Å². The van der Waals surface area contributed by atoms with Gasteiger partial charge in [0.15, 0.2) is 0 Å². The van der Waals surface area contributed by atoms with Crippen LogP contribution in [0.3, 0.4) is 0 Å². The fourth-order valence-corrected chi connectivity index (χ4v) is 10.1. The Labute approximate surface area is 392 Å². The molecule has 0 bridgehead atoms. The Hall–Kier alpha value is -5.96. The first-order valence-electron chi connectivity index (χ1n) is 22.3. The van der Waals surface area contributed by atoms with E-state index in [1.807, 2.05) is 42.1 Å². The lowest BCUT2D eigenvalue weighted by Gasteiger charge is -2.31. The first-order chi connectivity index (χ1) is 31.4. The summed E-state index contributed by atoms with van der Waals surface area (Å²) in [4.78, 5) is 122. The molecule has 0 unspecified atom stereocenters. The van der Waals surface area contributed by atoms with Crippen LogP contribution in [0, 0.1) is 5.92 Å². The number of carbonyl (C=O) groups excluding carboxylic acids is 9. The number of nitrogens with one attached hydrogen (secondary N) is 7. The number of aryl methyl sites for hydroxylation is 1. The van der Waals surface area contributed by atoms with Gasteiger partial charge in [-0.1, -0.05) is 44.2 Å². The van der Waals surface area contributed by atoms with E-state index in [0.717, 1.165) is 15.1 Å². The van der Waals surface area contributed by atoms with Crippen LogP contribution in [-0.2, 0) is 56.1 Å². The summed E-state index contributed by atoms with van der Waals surface area (Å²) in [5, 5.41) is 22.6. The van der Waals surface area contributed by atoms with Gasteiger partial charge in [-0.05, 0) is 75.3 Å². The average Bonchev–Trinajstić information content (AvgIpc) is 4.02. The van der Waals surface area contributed by atoms with E-state index >= 15 is 0 Å². The largest absolute Gasteiger partial charge is 0.368 e. The summed E-state index contributed by atoms with van der Waals surface area (Å²) in [6.07, 6.45) is 4.23. The van der Waals surface area contributed by atoms with Gasteiger partial charge >= 0.3 is 0 Å². The van der Waals surface area contributed by atoms with Gasteiger partial charge < -0.3 is 52.4 Å². The molecule has 0 spiro atoms. The summed E-state index contributed by atoms with van der Waals surface area (Å²) in [6.45, 7) is 8.24. The predicted molar refractivity (Wildman–Crippen MR) is 250 cm³/mol. The summed E-state index contributed by atoms with van der Waals surface area (Å²) in [6, 6.07) is 3.24. The fourth-order valence-electron chi connectivity index (χ4n) is 7.96. The molecule has 9 amide bonds. The molecule has 3 aromatic rings. The molecule has 66 heavy (non-hydrogen) atoms. The van der Waals surface area contributed by atoms with Gasteiger partial charge in [0.1, 0.15) is 42.3 Å². The maximum atomic E-state index is 14.4. The third-order valence-electron chi connectivity index (χ3n) is 11.3. The number of rotatable bonds is 10. The average molecular weight is 951 g/mol. The normalized spacial score (nSPS) is 23.5. The van der Waals surface area contributed by atoms with E-state index in [4.69, 9.17) is 5.73 Å². The van der Waals surface area contributed by atoms with E-state index in [-0.39, 0.29) is 37.5 Å². The van der Waals surface area contributed by atoms with Crippen LogP contribution in [0.1, 0.15) is 78.7 Å². The van der Waals surface area contributed by atoms with Crippen LogP contribution < -0.4 is 43.0 Å². The lowest BCUT2D eigenvalue weighted by atomic mass is 10.0. The Kier molecular flexibility index (Phi) is 18.6. The van der Waals surface area contributed by atoms with Crippen LogP contribution in [0.5, 0.6) is 0 Å². The third kappa shape index (κ3) is 14.3. The zero-order valence-electron chi connectivity index (χ0n) is 38.0. The molecule has 2 aliphatic rings. The van der Waals surface area contributed by atoms with E-state index in [1.54, 1.807) is 24.3 Å². The van der Waals surface area contributed by atoms with Crippen molar-refractivity contribution in [2.24, 2.45) is 11.7 Å². The van der Waals surface area contributed by atoms with E-state index in [1.165, 1.54) is 48.8 Å². The molecule has 0 aliphatic carbocycles. The van der Waals surface area contributed by atoms with Crippen LogP contribution >= 0.6 is 23.1 Å². The van der Waals surface area contributed by atoms with Crippen LogP contribution in [0.4, 0.5) is 0 Å². The minimum absolute atomic E-state index is 0.00933. The predicted octanol–water partition coefficient (Wildman–Crippen LogP) is 0.829. The van der Waals surface area contributed by atoms with Crippen molar-refractivity contribution < 1.29 is 43.2 Å². The SMILES string of the molecule is CC(=O)N[C@@H](C)C(=O)N[C@H]1CSc2c3ccsc3cn2CCCC[C@@H](C(=O)NCC(N)=O)NC(=O)[C@@H]2CCCN2C(=O)[C@H](CC(C)C)NC(=O)[C@H](C)NC(=O)[C@H](Cc2ccccc2)NC1=O. The molecule has 7 atom stereocenters. The molecule has 1 aromatic carbocycles. The summed E-state index contributed by atoms with van der Waals surface area (Å²) >= 11 is 2.84. The first-order valence-corrected chi connectivity index (χ1v) is 24.2. The number of thioether (sulfide) groups is 1. The topological polar surface area (TPSA) is 272 Å². The van der Waals surface area contributed by atoms with Crippen molar-refractivity contribution in [3.63, 3.8) is 0 Å². The number of hydrogen-bond acceptors (Lipinski definition) is 11. The zero-order valence-corrected chi connectivity index (χ0v) is 39.6. The Bertz CT molecular complexity index is 2250. The number of hydrogen-bond donors (Lipinski definition) is 8. The standard InChI is InChI=1S/C45H62N10O9S2/c1-25(2)20-33-44(64)55-18-11-15-35(55)43(63)50-31(40(60)47-22-37(46)57)14-9-10-17-54-23-36-30(16-19-65-36)45(54)66-24-34(53-38(58)26(3)48-28(5)56)42(62)51-32(21-29-12-7-6-8-13-29)41(61)49-27(4)39(59)52-33/h6-8,12-13,16,19,23,25-27,31-35H,9-11,14-15,17-18,20-22,24H2,1-5H3,(H2,46,57)(H,47,60)(H,48,56)(H,49,61)(H,50,63)(H,51,62)(H,52,59)(H,53,58)/t26-,27-,31-,32-,33-,34-,35-/m0/s1. The number of carbonyl (C=O) groups is 9. The summed E-state index contributed by atoms with van der Waals surface area (Å²) < 4.78 is 2.99. The second kappa shape index (κ2) is 24.0. The molecule has 2 aliphatic heterocycles. The van der Waals surface area contributed by atoms with Crippen molar-refractivity contribution >= 4 is 86.3 Å². The molecule has 19 nitrogen and oxygen atoms in total. The van der Waals surface area contributed by atoms with Crippen LogP contribution in [-0.4, -0.2) is 124 Å². The second-order valence-electron chi connectivity index (χ2n) is 17.2. The maximum Gasteiger partial charge on any atom is 0.245 e. The minimum Gasteiger partial charge on any atom is -0.368 e. The molecule has 1 fully saturated rings. The lowest BCUT2D eigenvalue weighted by molar-refractivity contribution is -0.142. The minimum atomic E-state index is -1.22. The Morgan fingerprint density at radius 1 is 0.848 bits per heavy atom. The molecule has 5 rings (SSSR count). The summed E-state index contributed by atoms with van der Waals surface area (Å²) in [5.41, 5.74) is 6.02. The number of fused-ring (bicyclic) bond motifs is 4. The highest BCUT2D eigenvalue weighted by Gasteiger charge is 2.40. The monoisotopic (exact) mass is 950 g/mol. The highest BCUT2D eigenvalue weighted by atomic mass is 32.2. The molecule has 0 saturated carbocycles. The molecule has 21 heteroatoms. The van der Waals surface area contributed by atoms with Crippen LogP contribution in [0.2, 0.25) is 0 Å².